The predicted molar refractivity (Wildman–Crippen MR) is 127 cm³/mol. The van der Waals surface area contributed by atoms with E-state index in [0.29, 0.717) is 12.2 Å². The molecule has 2 heterocycles. The Bertz CT molecular complexity index is 1190. The van der Waals surface area contributed by atoms with Crippen LogP contribution < -0.4 is 10.2 Å². The fourth-order valence-electron chi connectivity index (χ4n) is 3.73. The maximum atomic E-state index is 13.1. The topological polar surface area (TPSA) is 93.5 Å². The van der Waals surface area contributed by atoms with Gasteiger partial charge in [0.15, 0.2) is 0 Å². The quantitative estimate of drug-likeness (QED) is 0.558. The van der Waals surface area contributed by atoms with Crippen LogP contribution in [0.15, 0.2) is 59.6 Å². The van der Waals surface area contributed by atoms with Crippen molar-refractivity contribution in [1.29, 1.82) is 0 Å². The first-order valence-electron chi connectivity index (χ1n) is 10.5. The lowest BCUT2D eigenvalue weighted by Crippen LogP contribution is -2.36. The molecule has 3 aromatic rings. The lowest BCUT2D eigenvalue weighted by atomic mass is 10.1. The van der Waals surface area contributed by atoms with Crippen LogP contribution in [-0.4, -0.2) is 47.0 Å². The van der Waals surface area contributed by atoms with E-state index in [1.54, 1.807) is 40.9 Å². The zero-order valence-electron chi connectivity index (χ0n) is 18.4. The highest BCUT2D eigenvalue weighted by molar-refractivity contribution is 7.99. The van der Waals surface area contributed by atoms with E-state index in [4.69, 9.17) is 4.74 Å². The molecule has 0 saturated heterocycles. The molecule has 170 valence electrons. The second kappa shape index (κ2) is 9.91. The van der Waals surface area contributed by atoms with Gasteiger partial charge in [0.25, 0.3) is 0 Å². The molecule has 0 atom stereocenters. The predicted octanol–water partition coefficient (Wildman–Crippen LogP) is 3.82. The smallest absolute Gasteiger partial charge is 0.339 e. The average Bonchev–Trinajstić information content (AvgIpc) is 3.19. The van der Waals surface area contributed by atoms with Gasteiger partial charge in [-0.2, -0.15) is 5.10 Å². The van der Waals surface area contributed by atoms with Gasteiger partial charge in [-0.15, -0.1) is 11.8 Å². The average molecular weight is 465 g/mol. The summed E-state index contributed by atoms with van der Waals surface area (Å²) in [4.78, 5) is 39.2. The number of carbonyl (C=O) groups excluding carboxylic acids is 3. The zero-order valence-corrected chi connectivity index (χ0v) is 19.2. The number of methoxy groups -OCH3 is 1. The van der Waals surface area contributed by atoms with Gasteiger partial charge in [-0.3, -0.25) is 9.59 Å². The van der Waals surface area contributed by atoms with E-state index in [1.165, 1.54) is 7.11 Å². The number of esters is 1. The third kappa shape index (κ3) is 4.78. The van der Waals surface area contributed by atoms with E-state index in [2.05, 4.69) is 10.4 Å². The lowest BCUT2D eigenvalue weighted by Gasteiger charge is -2.27. The molecule has 0 aliphatic carbocycles. The highest BCUT2D eigenvalue weighted by atomic mass is 32.2. The van der Waals surface area contributed by atoms with Crippen LogP contribution in [0.2, 0.25) is 0 Å². The third-order valence-corrected chi connectivity index (χ3v) is 6.31. The van der Waals surface area contributed by atoms with E-state index in [0.717, 1.165) is 27.8 Å². The van der Waals surface area contributed by atoms with Gasteiger partial charge in [-0.1, -0.05) is 30.3 Å². The second-order valence-electron chi connectivity index (χ2n) is 7.47. The normalized spacial score (nSPS) is 12.7. The summed E-state index contributed by atoms with van der Waals surface area (Å²) >= 11 is 1.67. The van der Waals surface area contributed by atoms with Crippen LogP contribution in [0, 0.1) is 6.92 Å². The first kappa shape index (κ1) is 22.6. The van der Waals surface area contributed by atoms with Crippen molar-refractivity contribution in [3.8, 4) is 5.69 Å². The van der Waals surface area contributed by atoms with E-state index in [-0.39, 0.29) is 30.2 Å². The van der Waals surface area contributed by atoms with Crippen LogP contribution in [0.5, 0.6) is 0 Å². The molecule has 1 N–H and O–H groups in total. The molecule has 1 aromatic heterocycles. The largest absolute Gasteiger partial charge is 0.465 e. The van der Waals surface area contributed by atoms with Gasteiger partial charge in [0, 0.05) is 25.1 Å². The number of hydrogen-bond donors (Lipinski definition) is 1. The summed E-state index contributed by atoms with van der Waals surface area (Å²) < 4.78 is 6.62. The number of thioether (sulfide) groups is 1. The Hall–Kier alpha value is -3.59. The van der Waals surface area contributed by atoms with E-state index in [9.17, 15) is 14.4 Å². The third-order valence-electron chi connectivity index (χ3n) is 5.29. The molecule has 2 amide bonds. The Kier molecular flexibility index (Phi) is 6.79. The van der Waals surface area contributed by atoms with Crippen molar-refractivity contribution in [3.63, 3.8) is 0 Å². The number of nitrogens with zero attached hydrogens (tertiary/aromatic N) is 3. The van der Waals surface area contributed by atoms with Crippen LogP contribution in [-0.2, 0) is 14.3 Å². The fraction of sp³-hybridized carbons (Fsp3) is 0.250. The highest BCUT2D eigenvalue weighted by Crippen LogP contribution is 2.39. The van der Waals surface area contributed by atoms with Gasteiger partial charge < -0.3 is 15.0 Å². The number of hydrogen-bond acceptors (Lipinski definition) is 6. The number of aromatic nitrogens is 2. The number of carbonyl (C=O) groups is 3. The molecule has 0 saturated carbocycles. The first-order valence-corrected chi connectivity index (χ1v) is 11.5. The molecule has 0 radical (unpaired) electrons. The van der Waals surface area contributed by atoms with Crippen molar-refractivity contribution in [2.24, 2.45) is 0 Å². The molecule has 0 spiro atoms. The molecule has 0 unspecified atom stereocenters. The van der Waals surface area contributed by atoms with Crippen LogP contribution in [0.4, 0.5) is 11.4 Å². The van der Waals surface area contributed by atoms with Crippen LogP contribution >= 0.6 is 11.8 Å². The van der Waals surface area contributed by atoms with E-state index >= 15 is 0 Å². The first-order chi connectivity index (χ1) is 16.0. The van der Waals surface area contributed by atoms with Crippen molar-refractivity contribution >= 4 is 40.9 Å². The molecule has 1 aliphatic heterocycles. The van der Waals surface area contributed by atoms with Crippen molar-refractivity contribution in [2.45, 2.75) is 24.8 Å². The second-order valence-corrected chi connectivity index (χ2v) is 8.55. The molecule has 33 heavy (non-hydrogen) atoms. The standard InChI is InChI=1S/C24H24N4O4S/c1-16-22-23(28(26-16)17-8-4-3-5-9-17)33-15-14-27(22)21(30)13-12-20(29)25-19-11-7-6-10-18(19)24(31)32-2/h3-11H,12-15H2,1-2H3,(H,25,29). The number of fused-ring (bicyclic) bond motifs is 1. The molecular weight excluding hydrogens is 440 g/mol. The molecule has 4 rings (SSSR count). The van der Waals surface area contributed by atoms with Crippen LogP contribution in [0.25, 0.3) is 5.69 Å². The van der Waals surface area contributed by atoms with Gasteiger partial charge in [-0.25, -0.2) is 9.48 Å². The summed E-state index contributed by atoms with van der Waals surface area (Å²) in [6, 6.07) is 16.4. The van der Waals surface area contributed by atoms with Crippen LogP contribution in [0.1, 0.15) is 28.9 Å². The minimum atomic E-state index is -0.536. The van der Waals surface area contributed by atoms with Crippen molar-refractivity contribution < 1.29 is 19.1 Å². The molecule has 2 aromatic carbocycles. The molecule has 9 heteroatoms. The van der Waals surface area contributed by atoms with Gasteiger partial charge in [0.1, 0.15) is 5.03 Å². The number of amides is 2. The summed E-state index contributed by atoms with van der Waals surface area (Å²) in [5.41, 5.74) is 3.13. The maximum Gasteiger partial charge on any atom is 0.339 e. The highest BCUT2D eigenvalue weighted by Gasteiger charge is 2.30. The Morgan fingerprint density at radius 3 is 2.55 bits per heavy atom. The maximum absolute atomic E-state index is 13.1. The number of para-hydroxylation sites is 2. The van der Waals surface area contributed by atoms with E-state index < -0.39 is 5.97 Å². The monoisotopic (exact) mass is 464 g/mol. The number of rotatable bonds is 6. The lowest BCUT2D eigenvalue weighted by molar-refractivity contribution is -0.122. The summed E-state index contributed by atoms with van der Waals surface area (Å²) in [5.74, 6) is -0.270. The number of benzene rings is 2. The minimum absolute atomic E-state index is 0.000807. The minimum Gasteiger partial charge on any atom is -0.465 e. The molecule has 1 aliphatic rings. The van der Waals surface area contributed by atoms with Crippen molar-refractivity contribution in [2.75, 3.05) is 29.6 Å². The summed E-state index contributed by atoms with van der Waals surface area (Å²) in [6.07, 6.45) is 0.0471. The van der Waals surface area contributed by atoms with Gasteiger partial charge in [-0.05, 0) is 31.2 Å². The Labute approximate surface area is 195 Å². The summed E-state index contributed by atoms with van der Waals surface area (Å²) in [6.45, 7) is 2.45. The number of aryl methyl sites for hydroxylation is 1. The van der Waals surface area contributed by atoms with Gasteiger partial charge >= 0.3 is 5.97 Å². The summed E-state index contributed by atoms with van der Waals surface area (Å²) in [7, 11) is 1.28. The fourth-order valence-corrected chi connectivity index (χ4v) is 4.86. The number of nitrogens with one attached hydrogen (secondary N) is 1. The molecule has 0 fully saturated rings. The number of anilines is 2. The van der Waals surface area contributed by atoms with Gasteiger partial charge in [0.2, 0.25) is 11.8 Å². The number of ether oxygens (including phenoxy) is 1. The van der Waals surface area contributed by atoms with Gasteiger partial charge in [0.05, 0.1) is 35.4 Å². The van der Waals surface area contributed by atoms with E-state index in [1.807, 2.05) is 41.9 Å². The SMILES string of the molecule is COC(=O)c1ccccc1NC(=O)CCC(=O)N1CCSc2c1c(C)nn2-c1ccccc1. The molecular formula is C24H24N4O4S. The van der Waals surface area contributed by atoms with Crippen molar-refractivity contribution in [3.05, 3.63) is 65.9 Å². The Balaban J connectivity index is 1.45. The summed E-state index contributed by atoms with van der Waals surface area (Å²) in [5, 5.41) is 8.29. The van der Waals surface area contributed by atoms with Crippen molar-refractivity contribution in [1.82, 2.24) is 9.78 Å². The Morgan fingerprint density at radius 2 is 1.79 bits per heavy atom. The molecule has 0 bridgehead atoms. The van der Waals surface area contributed by atoms with Crippen LogP contribution in [0.3, 0.4) is 0 Å². The molecule has 8 nitrogen and oxygen atoms in total. The Morgan fingerprint density at radius 1 is 1.06 bits per heavy atom. The zero-order chi connectivity index (χ0) is 23.4.